The van der Waals surface area contributed by atoms with Gasteiger partial charge in [0.15, 0.2) is 0 Å². The first-order chi connectivity index (χ1) is 9.56. The van der Waals surface area contributed by atoms with E-state index in [1.54, 1.807) is 19.2 Å². The summed E-state index contributed by atoms with van der Waals surface area (Å²) < 4.78 is 5.05. The zero-order chi connectivity index (χ0) is 15.0. The van der Waals surface area contributed by atoms with Crippen molar-refractivity contribution < 1.29 is 14.3 Å². The Bertz CT molecular complexity index is 438. The summed E-state index contributed by atoms with van der Waals surface area (Å²) in [7, 11) is 3.09. The van der Waals surface area contributed by atoms with Gasteiger partial charge < -0.3 is 20.7 Å². The molecule has 118 valence electrons. The molecule has 0 bridgehead atoms. The third-order valence-corrected chi connectivity index (χ3v) is 2.86. The Morgan fingerprint density at radius 1 is 1.33 bits per heavy atom. The van der Waals surface area contributed by atoms with Crippen LogP contribution in [0.15, 0.2) is 30.3 Å². The number of para-hydroxylation sites is 1. The summed E-state index contributed by atoms with van der Waals surface area (Å²) >= 11 is 0. The van der Waals surface area contributed by atoms with Gasteiger partial charge in [0.05, 0.1) is 19.1 Å². The van der Waals surface area contributed by atoms with Gasteiger partial charge in [0.2, 0.25) is 11.8 Å². The molecule has 0 saturated carbocycles. The largest absolute Gasteiger partial charge is 0.380 e. The molecule has 0 aliphatic carbocycles. The number of likely N-dealkylation sites (N-methyl/N-ethyl adjacent to an activating group) is 1. The number of hydrogen-bond donors (Lipinski definition) is 2. The highest BCUT2D eigenvalue weighted by atomic mass is 35.5. The average Bonchev–Trinajstić information content (AvgIpc) is 2.45. The highest BCUT2D eigenvalue weighted by molar-refractivity contribution is 5.94. The molecule has 1 aromatic carbocycles. The number of halogens is 1. The molecule has 1 atom stereocenters. The summed E-state index contributed by atoms with van der Waals surface area (Å²) in [5, 5.41) is 2.72. The number of anilines is 1. The molecular formula is C14H22ClN3O3. The maximum Gasteiger partial charge on any atom is 0.243 e. The van der Waals surface area contributed by atoms with Crippen molar-refractivity contribution in [1.29, 1.82) is 0 Å². The summed E-state index contributed by atoms with van der Waals surface area (Å²) in [5.41, 5.74) is 6.16. The monoisotopic (exact) mass is 315 g/mol. The summed E-state index contributed by atoms with van der Waals surface area (Å²) in [6.45, 7) is 0.265. The molecule has 0 saturated heterocycles. The fraction of sp³-hybridized carbons (Fsp3) is 0.429. The van der Waals surface area contributed by atoms with E-state index in [0.717, 1.165) is 0 Å². The SMILES string of the molecule is COC(CN)CC(=O)N(C)CC(=O)Nc1ccccc1.Cl. The van der Waals surface area contributed by atoms with Gasteiger partial charge >= 0.3 is 0 Å². The molecule has 0 fully saturated rings. The highest BCUT2D eigenvalue weighted by Gasteiger charge is 2.17. The second-order valence-corrected chi connectivity index (χ2v) is 4.46. The van der Waals surface area contributed by atoms with Crippen LogP contribution in [0.4, 0.5) is 5.69 Å². The van der Waals surface area contributed by atoms with Crippen LogP contribution in [0.1, 0.15) is 6.42 Å². The third kappa shape index (κ3) is 7.08. The molecule has 0 aromatic heterocycles. The number of rotatable bonds is 7. The van der Waals surface area contributed by atoms with E-state index in [0.29, 0.717) is 5.69 Å². The first-order valence-corrected chi connectivity index (χ1v) is 6.38. The fourth-order valence-corrected chi connectivity index (χ4v) is 1.64. The molecule has 6 nitrogen and oxygen atoms in total. The lowest BCUT2D eigenvalue weighted by atomic mass is 10.2. The van der Waals surface area contributed by atoms with Crippen LogP contribution in [0.3, 0.4) is 0 Å². The van der Waals surface area contributed by atoms with Gasteiger partial charge in [-0.1, -0.05) is 18.2 Å². The van der Waals surface area contributed by atoms with Crippen molar-refractivity contribution in [3.8, 4) is 0 Å². The topological polar surface area (TPSA) is 84.7 Å². The molecular weight excluding hydrogens is 294 g/mol. The van der Waals surface area contributed by atoms with Crippen molar-refractivity contribution in [2.24, 2.45) is 5.73 Å². The van der Waals surface area contributed by atoms with Gasteiger partial charge in [-0.2, -0.15) is 0 Å². The predicted molar refractivity (Wildman–Crippen MR) is 84.4 cm³/mol. The van der Waals surface area contributed by atoms with Crippen LogP contribution in [-0.2, 0) is 14.3 Å². The van der Waals surface area contributed by atoms with Crippen LogP contribution in [0.2, 0.25) is 0 Å². The minimum absolute atomic E-state index is 0. The zero-order valence-corrected chi connectivity index (χ0v) is 13.1. The maximum absolute atomic E-state index is 11.9. The summed E-state index contributed by atoms with van der Waals surface area (Å²) in [6, 6.07) is 9.09. The molecule has 0 aliphatic heterocycles. The summed E-state index contributed by atoms with van der Waals surface area (Å²) in [6.07, 6.45) is -0.149. The number of hydrogen-bond acceptors (Lipinski definition) is 4. The Morgan fingerprint density at radius 3 is 2.48 bits per heavy atom. The van der Waals surface area contributed by atoms with Crippen molar-refractivity contribution in [2.45, 2.75) is 12.5 Å². The molecule has 2 amide bonds. The normalized spacial score (nSPS) is 11.2. The summed E-state index contributed by atoms with van der Waals surface area (Å²) in [4.78, 5) is 25.0. The Labute approximate surface area is 131 Å². The summed E-state index contributed by atoms with van der Waals surface area (Å²) in [5.74, 6) is -0.417. The molecule has 0 radical (unpaired) electrons. The van der Waals surface area contributed by atoms with Crippen LogP contribution in [-0.4, -0.2) is 50.1 Å². The van der Waals surface area contributed by atoms with E-state index in [-0.39, 0.29) is 49.8 Å². The van der Waals surface area contributed by atoms with E-state index < -0.39 is 0 Å². The number of carbonyl (C=O) groups excluding carboxylic acids is 2. The highest BCUT2D eigenvalue weighted by Crippen LogP contribution is 2.05. The minimum Gasteiger partial charge on any atom is -0.380 e. The number of benzene rings is 1. The van der Waals surface area contributed by atoms with Crippen LogP contribution < -0.4 is 11.1 Å². The number of amides is 2. The molecule has 0 aliphatic rings. The molecule has 3 N–H and O–H groups in total. The molecule has 0 heterocycles. The zero-order valence-electron chi connectivity index (χ0n) is 12.2. The van der Waals surface area contributed by atoms with Gasteiger partial charge in [-0.3, -0.25) is 9.59 Å². The van der Waals surface area contributed by atoms with E-state index in [1.165, 1.54) is 12.0 Å². The van der Waals surface area contributed by atoms with Crippen molar-refractivity contribution in [3.05, 3.63) is 30.3 Å². The molecule has 1 aromatic rings. The van der Waals surface area contributed by atoms with Gasteiger partial charge in [0, 0.05) is 26.4 Å². The number of nitrogens with two attached hydrogens (primary N) is 1. The van der Waals surface area contributed by atoms with Crippen molar-refractivity contribution in [2.75, 3.05) is 32.6 Å². The molecule has 1 rings (SSSR count). The van der Waals surface area contributed by atoms with E-state index in [4.69, 9.17) is 10.5 Å². The van der Waals surface area contributed by atoms with Gasteiger partial charge in [0.25, 0.3) is 0 Å². The lowest BCUT2D eigenvalue weighted by molar-refractivity contribution is -0.135. The number of ether oxygens (including phenoxy) is 1. The van der Waals surface area contributed by atoms with Crippen molar-refractivity contribution in [3.63, 3.8) is 0 Å². The van der Waals surface area contributed by atoms with Crippen LogP contribution >= 0.6 is 12.4 Å². The van der Waals surface area contributed by atoms with E-state index in [1.807, 2.05) is 18.2 Å². The second kappa shape index (κ2) is 10.1. The predicted octanol–water partition coefficient (Wildman–Crippen LogP) is 0.869. The van der Waals surface area contributed by atoms with Crippen LogP contribution in [0, 0.1) is 0 Å². The number of carbonyl (C=O) groups is 2. The average molecular weight is 316 g/mol. The van der Waals surface area contributed by atoms with E-state index >= 15 is 0 Å². The molecule has 1 unspecified atom stereocenters. The van der Waals surface area contributed by atoms with Gasteiger partial charge in [0.1, 0.15) is 0 Å². The Kier molecular flexibility index (Phi) is 9.36. The van der Waals surface area contributed by atoms with E-state index in [9.17, 15) is 9.59 Å². The van der Waals surface area contributed by atoms with Gasteiger partial charge in [-0.05, 0) is 12.1 Å². The molecule has 0 spiro atoms. The smallest absolute Gasteiger partial charge is 0.243 e. The first kappa shape index (κ1) is 19.4. The first-order valence-electron chi connectivity index (χ1n) is 6.38. The minimum atomic E-state index is -0.317. The third-order valence-electron chi connectivity index (χ3n) is 2.86. The molecule has 21 heavy (non-hydrogen) atoms. The van der Waals surface area contributed by atoms with Crippen LogP contribution in [0.25, 0.3) is 0 Å². The van der Waals surface area contributed by atoms with E-state index in [2.05, 4.69) is 5.32 Å². The number of nitrogens with one attached hydrogen (secondary N) is 1. The van der Waals surface area contributed by atoms with Crippen molar-refractivity contribution >= 4 is 29.9 Å². The second-order valence-electron chi connectivity index (χ2n) is 4.46. The Hall–Kier alpha value is -1.63. The number of nitrogens with zero attached hydrogens (tertiary/aromatic N) is 1. The lowest BCUT2D eigenvalue weighted by Crippen LogP contribution is -2.38. The maximum atomic E-state index is 11.9. The van der Waals surface area contributed by atoms with Crippen molar-refractivity contribution in [1.82, 2.24) is 4.90 Å². The standard InChI is InChI=1S/C14H21N3O3.ClH/c1-17(14(19)8-12(9-15)20-2)10-13(18)16-11-6-4-3-5-7-11;/h3-7,12H,8-10,15H2,1-2H3,(H,16,18);1H. The number of methoxy groups -OCH3 is 1. The fourth-order valence-electron chi connectivity index (χ4n) is 1.64. The van der Waals surface area contributed by atoms with Gasteiger partial charge in [-0.25, -0.2) is 0 Å². The Balaban J connectivity index is 0.00000400. The molecule has 7 heteroatoms. The Morgan fingerprint density at radius 2 is 1.95 bits per heavy atom. The quantitative estimate of drug-likeness (QED) is 0.782. The van der Waals surface area contributed by atoms with Gasteiger partial charge in [-0.15, -0.1) is 12.4 Å². The van der Waals surface area contributed by atoms with Crippen LogP contribution in [0.5, 0.6) is 0 Å². The lowest BCUT2D eigenvalue weighted by Gasteiger charge is -2.19.